The Kier molecular flexibility index (Phi) is 15.3. The molecule has 346 valence electrons. The average Bonchev–Trinajstić information content (AvgIpc) is 4.08. The van der Waals surface area contributed by atoms with Gasteiger partial charge in [-0.15, -0.1) is 21.5 Å². The minimum atomic E-state index is -0.675. The number of nitrogens with one attached hydrogen (secondary N) is 3. The van der Waals surface area contributed by atoms with Crippen molar-refractivity contribution in [3.8, 4) is 28.7 Å². The Hall–Kier alpha value is -6.51. The van der Waals surface area contributed by atoms with Crippen LogP contribution in [0.5, 0.6) is 0 Å². The predicted octanol–water partition coefficient (Wildman–Crippen LogP) is 3.68. The number of hydrogen-bond donors (Lipinski definition) is 3. The van der Waals surface area contributed by atoms with Crippen molar-refractivity contribution in [1.82, 2.24) is 45.4 Å². The van der Waals surface area contributed by atoms with Crippen molar-refractivity contribution in [3.05, 3.63) is 115 Å². The molecule has 17 nitrogen and oxygen atoms in total. The number of amides is 4. The molecule has 19 heteroatoms. The standard InChI is InChI=1S/C48H49ClN10O7S/c1-30-40(67-48-43(30)44(34-10-12-35(49)13-11-34)53-38(26-42(61)51-18-17-50-3)45-56-55-31(2)59(45)48)15-9-32-27-52-57(28-32)19-21-65-23-25-66-24-22-64-20-5-7-33-6-4-8-36-37(33)29-58(47(36)63)39-14-16-41(60)54-46(39)62/h4,6,8,10-13,27-28,38-39,50H,14,16-26,29H2,1-3H3,(H,51,61)(H,54,60,62)/t38-,39?/m0/s1. The number of thiophene rings is 1. The minimum Gasteiger partial charge on any atom is -0.377 e. The highest BCUT2D eigenvalue weighted by Gasteiger charge is 2.40. The lowest BCUT2D eigenvalue weighted by Gasteiger charge is -2.29. The molecule has 8 rings (SSSR count). The molecule has 0 bridgehead atoms. The number of hydrogen-bond acceptors (Lipinski definition) is 13. The third-order valence-electron chi connectivity index (χ3n) is 11.3. The van der Waals surface area contributed by atoms with E-state index < -0.39 is 18.0 Å². The molecule has 4 amide bonds. The number of carbonyl (C=O) groups excluding carboxylic acids is 4. The van der Waals surface area contributed by atoms with Crippen molar-refractivity contribution >= 4 is 52.3 Å². The summed E-state index contributed by atoms with van der Waals surface area (Å²) in [5, 5.41) is 23.2. The van der Waals surface area contributed by atoms with Gasteiger partial charge in [-0.3, -0.25) is 38.7 Å². The summed E-state index contributed by atoms with van der Waals surface area (Å²) in [6.45, 7) is 8.04. The maximum atomic E-state index is 13.1. The van der Waals surface area contributed by atoms with Crippen LogP contribution in [-0.4, -0.2) is 125 Å². The van der Waals surface area contributed by atoms with Gasteiger partial charge in [-0.05, 0) is 62.7 Å². The Morgan fingerprint density at radius 1 is 0.970 bits per heavy atom. The molecule has 67 heavy (non-hydrogen) atoms. The summed E-state index contributed by atoms with van der Waals surface area (Å²) in [6, 6.07) is 11.6. The third-order valence-corrected chi connectivity index (χ3v) is 12.8. The smallest absolute Gasteiger partial charge is 0.255 e. The molecule has 0 saturated carbocycles. The van der Waals surface area contributed by atoms with Gasteiger partial charge in [0.25, 0.3) is 5.91 Å². The number of nitrogens with zero attached hydrogens (tertiary/aromatic N) is 7. The van der Waals surface area contributed by atoms with Gasteiger partial charge in [0.05, 0.1) is 68.3 Å². The molecule has 2 aromatic carbocycles. The topological polar surface area (TPSA) is 196 Å². The summed E-state index contributed by atoms with van der Waals surface area (Å²) in [4.78, 5) is 57.7. The number of ether oxygens (including phenoxy) is 3. The van der Waals surface area contributed by atoms with Gasteiger partial charge in [-0.25, -0.2) is 0 Å². The van der Waals surface area contributed by atoms with E-state index in [1.165, 1.54) is 16.2 Å². The van der Waals surface area contributed by atoms with E-state index in [-0.39, 0.29) is 43.7 Å². The number of rotatable bonds is 17. The molecular weight excluding hydrogens is 896 g/mol. The van der Waals surface area contributed by atoms with E-state index in [1.54, 1.807) is 23.0 Å². The van der Waals surface area contributed by atoms with Gasteiger partial charge < -0.3 is 29.7 Å². The van der Waals surface area contributed by atoms with E-state index in [4.69, 9.17) is 30.8 Å². The molecule has 3 N–H and O–H groups in total. The second-order valence-electron chi connectivity index (χ2n) is 15.9. The number of benzene rings is 2. The van der Waals surface area contributed by atoms with Gasteiger partial charge >= 0.3 is 0 Å². The molecule has 6 heterocycles. The first-order valence-electron chi connectivity index (χ1n) is 21.9. The van der Waals surface area contributed by atoms with Crippen LogP contribution in [0, 0.1) is 37.5 Å². The van der Waals surface area contributed by atoms with Crippen LogP contribution in [0.3, 0.4) is 0 Å². The van der Waals surface area contributed by atoms with Crippen molar-refractivity contribution in [3.63, 3.8) is 0 Å². The molecule has 5 aromatic rings. The first-order chi connectivity index (χ1) is 32.6. The summed E-state index contributed by atoms with van der Waals surface area (Å²) < 4.78 is 20.8. The largest absolute Gasteiger partial charge is 0.377 e. The lowest BCUT2D eigenvalue weighted by molar-refractivity contribution is -0.137. The molecule has 2 atom stereocenters. The fraction of sp³-hybridized carbons (Fsp3) is 0.375. The second-order valence-corrected chi connectivity index (χ2v) is 17.3. The SMILES string of the molecule is CNCCNC(=O)C[C@@H]1N=C(c2ccc(Cl)cc2)c2c(sc(C#Cc3cnn(CCOCCOCCOCC#Cc4cccc5c4CN(C4CCC(=O)NC4=O)C5=O)c3)c2C)-n2c(C)nnc21. The highest BCUT2D eigenvalue weighted by atomic mass is 35.5. The van der Waals surface area contributed by atoms with Crippen LogP contribution >= 0.6 is 22.9 Å². The van der Waals surface area contributed by atoms with Crippen molar-refractivity contribution in [2.24, 2.45) is 4.99 Å². The van der Waals surface area contributed by atoms with Gasteiger partial charge in [0.15, 0.2) is 5.82 Å². The molecule has 3 aromatic heterocycles. The number of aryl methyl sites for hydroxylation is 1. The number of aromatic nitrogens is 5. The first-order valence-corrected chi connectivity index (χ1v) is 23.1. The molecule has 1 saturated heterocycles. The number of piperidine rings is 1. The van der Waals surface area contributed by atoms with Crippen LogP contribution < -0.4 is 16.0 Å². The van der Waals surface area contributed by atoms with Crippen LogP contribution in [-0.2, 0) is 41.7 Å². The van der Waals surface area contributed by atoms with Crippen molar-refractivity contribution in [1.29, 1.82) is 0 Å². The molecule has 1 unspecified atom stereocenters. The number of halogens is 1. The second kappa shape index (κ2) is 21.9. The maximum Gasteiger partial charge on any atom is 0.255 e. The zero-order valence-electron chi connectivity index (χ0n) is 37.3. The highest BCUT2D eigenvalue weighted by molar-refractivity contribution is 7.15. The third kappa shape index (κ3) is 11.0. The van der Waals surface area contributed by atoms with Crippen LogP contribution in [0.2, 0.25) is 5.02 Å². The Labute approximate surface area is 396 Å². The summed E-state index contributed by atoms with van der Waals surface area (Å²) in [6.07, 6.45) is 4.23. The van der Waals surface area contributed by atoms with Crippen molar-refractivity contribution in [2.45, 2.75) is 58.3 Å². The number of aliphatic imine (C=N–C) groups is 1. The normalized spacial score (nSPS) is 16.2. The molecule has 0 spiro atoms. The Balaban J connectivity index is 0.798. The lowest BCUT2D eigenvalue weighted by Crippen LogP contribution is -2.52. The van der Waals surface area contributed by atoms with E-state index in [2.05, 4.69) is 54.9 Å². The Morgan fingerprint density at radius 2 is 1.76 bits per heavy atom. The molecular formula is C48H49ClN10O7S. The molecule has 3 aliphatic rings. The highest BCUT2D eigenvalue weighted by Crippen LogP contribution is 2.40. The number of fused-ring (bicyclic) bond motifs is 4. The van der Waals surface area contributed by atoms with E-state index in [0.29, 0.717) is 86.9 Å². The van der Waals surface area contributed by atoms with Crippen LogP contribution in [0.1, 0.15) is 85.6 Å². The van der Waals surface area contributed by atoms with E-state index >= 15 is 0 Å². The summed E-state index contributed by atoms with van der Waals surface area (Å²) in [5.41, 5.74) is 6.21. The quantitative estimate of drug-likeness (QED) is 0.0700. The monoisotopic (exact) mass is 944 g/mol. The number of likely N-dealkylation sites (N-methyl/N-ethyl adjacent to an activating group) is 1. The van der Waals surface area contributed by atoms with Crippen LogP contribution in [0.15, 0.2) is 59.9 Å². The van der Waals surface area contributed by atoms with Gasteiger partial charge in [-0.2, -0.15) is 5.10 Å². The van der Waals surface area contributed by atoms with Crippen molar-refractivity contribution in [2.75, 3.05) is 59.8 Å². The van der Waals surface area contributed by atoms with Gasteiger partial charge in [0, 0.05) is 59.5 Å². The minimum absolute atomic E-state index is 0.111. The summed E-state index contributed by atoms with van der Waals surface area (Å²) in [7, 11) is 1.84. The number of imide groups is 1. The van der Waals surface area contributed by atoms with Gasteiger partial charge in [0.2, 0.25) is 17.7 Å². The Morgan fingerprint density at radius 3 is 2.55 bits per heavy atom. The first kappa shape index (κ1) is 47.0. The van der Waals surface area contributed by atoms with E-state index in [9.17, 15) is 19.2 Å². The fourth-order valence-corrected chi connectivity index (χ4v) is 9.30. The molecule has 1 fully saturated rings. The number of carbonyl (C=O) groups is 4. The predicted molar refractivity (Wildman–Crippen MR) is 250 cm³/mol. The van der Waals surface area contributed by atoms with Gasteiger partial charge in [0.1, 0.15) is 29.5 Å². The molecule has 0 radical (unpaired) electrons. The van der Waals surface area contributed by atoms with Crippen molar-refractivity contribution < 1.29 is 33.4 Å². The molecule has 3 aliphatic heterocycles. The summed E-state index contributed by atoms with van der Waals surface area (Å²) in [5.74, 6) is 12.9. The lowest BCUT2D eigenvalue weighted by atomic mass is 9.99. The average molecular weight is 946 g/mol. The van der Waals surface area contributed by atoms with Crippen LogP contribution in [0.4, 0.5) is 0 Å². The van der Waals surface area contributed by atoms with Crippen LogP contribution in [0.25, 0.3) is 5.00 Å². The van der Waals surface area contributed by atoms with Gasteiger partial charge in [-0.1, -0.05) is 53.5 Å². The maximum absolute atomic E-state index is 13.1. The molecule has 0 aliphatic carbocycles. The zero-order chi connectivity index (χ0) is 46.9. The summed E-state index contributed by atoms with van der Waals surface area (Å²) >= 11 is 7.83. The zero-order valence-corrected chi connectivity index (χ0v) is 38.9. The Bertz CT molecular complexity index is 2830. The fourth-order valence-electron chi connectivity index (χ4n) is 7.95. The van der Waals surface area contributed by atoms with E-state index in [1.807, 2.05) is 62.0 Å². The van der Waals surface area contributed by atoms with E-state index in [0.717, 1.165) is 43.4 Å².